The number of hydrogen-bond donors (Lipinski definition) is 1. The van der Waals surface area contributed by atoms with Crippen LogP contribution >= 0.6 is 0 Å². The minimum atomic E-state index is -0.256. The minimum Gasteiger partial charge on any atom is -0.449 e. The Morgan fingerprint density at radius 1 is 1.46 bits per heavy atom. The van der Waals surface area contributed by atoms with E-state index in [0.717, 1.165) is 6.42 Å². The lowest BCUT2D eigenvalue weighted by atomic mass is 10.1. The van der Waals surface area contributed by atoms with E-state index in [1.807, 2.05) is 6.92 Å². The topological polar surface area (TPSA) is 38.3 Å². The van der Waals surface area contributed by atoms with Crippen LogP contribution in [-0.2, 0) is 4.74 Å². The molecule has 0 aliphatic heterocycles. The molecule has 1 N–H and O–H groups in total. The second-order valence-corrected chi connectivity index (χ2v) is 3.68. The monoisotopic (exact) mass is 185 g/mol. The average molecular weight is 185 g/mol. The van der Waals surface area contributed by atoms with Gasteiger partial charge in [-0.15, -0.1) is 0 Å². The quantitative estimate of drug-likeness (QED) is 0.730. The zero-order chi connectivity index (χ0) is 9.52. The maximum atomic E-state index is 11.0. The fourth-order valence-corrected chi connectivity index (χ4v) is 1.65. The summed E-state index contributed by atoms with van der Waals surface area (Å²) in [6.07, 6.45) is 5.74. The molecule has 0 aromatic carbocycles. The zero-order valence-corrected chi connectivity index (χ0v) is 8.34. The summed E-state index contributed by atoms with van der Waals surface area (Å²) in [7, 11) is 0. The van der Waals surface area contributed by atoms with Crippen molar-refractivity contribution in [3.63, 3.8) is 0 Å². The highest BCUT2D eigenvalue weighted by atomic mass is 16.5. The lowest BCUT2D eigenvalue weighted by Gasteiger charge is -2.10. The Balaban J connectivity index is 2.00. The fourth-order valence-electron chi connectivity index (χ4n) is 1.65. The Bertz CT molecular complexity index is 153. The number of hydrogen-bond acceptors (Lipinski definition) is 2. The van der Waals surface area contributed by atoms with E-state index in [2.05, 4.69) is 5.32 Å². The van der Waals surface area contributed by atoms with E-state index in [-0.39, 0.29) is 6.09 Å². The van der Waals surface area contributed by atoms with Crippen LogP contribution in [0.4, 0.5) is 4.79 Å². The Hall–Kier alpha value is -0.730. The lowest BCUT2D eigenvalue weighted by molar-refractivity contribution is 0.128. The average Bonchev–Trinajstić information content (AvgIpc) is 2.64. The second kappa shape index (κ2) is 5.84. The van der Waals surface area contributed by atoms with E-state index in [1.165, 1.54) is 25.7 Å². The lowest BCUT2D eigenvalue weighted by Crippen LogP contribution is -2.26. The van der Waals surface area contributed by atoms with Gasteiger partial charge in [-0.3, -0.25) is 0 Å². The standard InChI is InChI=1S/C10H19NO2/c1-2-7-11-10(12)13-8-9-5-3-4-6-9/h9H,2-8H2,1H3,(H,11,12). The van der Waals surface area contributed by atoms with Crippen molar-refractivity contribution < 1.29 is 9.53 Å². The van der Waals surface area contributed by atoms with Crippen LogP contribution in [0.5, 0.6) is 0 Å². The highest BCUT2D eigenvalue weighted by Crippen LogP contribution is 2.24. The third kappa shape index (κ3) is 4.15. The van der Waals surface area contributed by atoms with Crippen LogP contribution < -0.4 is 5.32 Å². The number of ether oxygens (including phenoxy) is 1. The first-order chi connectivity index (χ1) is 6.33. The summed E-state index contributed by atoms with van der Waals surface area (Å²) >= 11 is 0. The van der Waals surface area contributed by atoms with Crippen LogP contribution in [0.15, 0.2) is 0 Å². The highest BCUT2D eigenvalue weighted by molar-refractivity contribution is 5.66. The second-order valence-electron chi connectivity index (χ2n) is 3.68. The molecule has 1 amide bonds. The first kappa shape index (κ1) is 10.4. The maximum Gasteiger partial charge on any atom is 0.407 e. The van der Waals surface area contributed by atoms with E-state index in [4.69, 9.17) is 4.74 Å². The first-order valence-corrected chi connectivity index (χ1v) is 5.23. The van der Waals surface area contributed by atoms with Gasteiger partial charge in [0.1, 0.15) is 0 Å². The molecule has 0 radical (unpaired) electrons. The molecule has 1 saturated carbocycles. The molecule has 3 heteroatoms. The smallest absolute Gasteiger partial charge is 0.407 e. The predicted molar refractivity (Wildman–Crippen MR) is 51.6 cm³/mol. The Labute approximate surface area is 79.8 Å². The van der Waals surface area contributed by atoms with Gasteiger partial charge >= 0.3 is 6.09 Å². The van der Waals surface area contributed by atoms with Gasteiger partial charge in [-0.25, -0.2) is 4.79 Å². The molecule has 0 saturated heterocycles. The molecule has 1 rings (SSSR count). The molecular weight excluding hydrogens is 166 g/mol. The molecule has 1 fully saturated rings. The summed E-state index contributed by atoms with van der Waals surface area (Å²) in [5.74, 6) is 0.618. The van der Waals surface area contributed by atoms with Crippen molar-refractivity contribution >= 4 is 6.09 Å². The van der Waals surface area contributed by atoms with Gasteiger partial charge in [0.15, 0.2) is 0 Å². The summed E-state index contributed by atoms with van der Waals surface area (Å²) in [6, 6.07) is 0. The van der Waals surface area contributed by atoms with Crippen molar-refractivity contribution in [2.75, 3.05) is 13.2 Å². The number of amides is 1. The van der Waals surface area contributed by atoms with Crippen molar-refractivity contribution in [2.45, 2.75) is 39.0 Å². The highest BCUT2D eigenvalue weighted by Gasteiger charge is 2.16. The third-order valence-electron chi connectivity index (χ3n) is 2.44. The molecule has 1 aliphatic carbocycles. The summed E-state index contributed by atoms with van der Waals surface area (Å²) in [6.45, 7) is 3.34. The Morgan fingerprint density at radius 2 is 2.15 bits per heavy atom. The van der Waals surface area contributed by atoms with E-state index in [1.54, 1.807) is 0 Å². The number of carbonyl (C=O) groups is 1. The van der Waals surface area contributed by atoms with Gasteiger partial charge < -0.3 is 10.1 Å². The summed E-state index contributed by atoms with van der Waals surface area (Å²) in [5, 5.41) is 2.70. The summed E-state index contributed by atoms with van der Waals surface area (Å²) in [5.41, 5.74) is 0. The molecule has 0 unspecified atom stereocenters. The van der Waals surface area contributed by atoms with E-state index < -0.39 is 0 Å². The van der Waals surface area contributed by atoms with Crippen LogP contribution in [0.25, 0.3) is 0 Å². The van der Waals surface area contributed by atoms with Crippen LogP contribution in [0.2, 0.25) is 0 Å². The third-order valence-corrected chi connectivity index (χ3v) is 2.44. The van der Waals surface area contributed by atoms with Crippen molar-refractivity contribution in [1.29, 1.82) is 0 Å². The largest absolute Gasteiger partial charge is 0.449 e. The molecule has 0 heterocycles. The Kier molecular flexibility index (Phi) is 4.65. The van der Waals surface area contributed by atoms with E-state index >= 15 is 0 Å². The van der Waals surface area contributed by atoms with Crippen LogP contribution in [-0.4, -0.2) is 19.2 Å². The van der Waals surface area contributed by atoms with Crippen molar-refractivity contribution in [3.8, 4) is 0 Å². The molecule has 0 bridgehead atoms. The Morgan fingerprint density at radius 3 is 2.77 bits per heavy atom. The summed E-state index contributed by atoms with van der Waals surface area (Å²) < 4.78 is 5.08. The molecule has 1 aliphatic rings. The molecule has 76 valence electrons. The maximum absolute atomic E-state index is 11.0. The van der Waals surface area contributed by atoms with Gasteiger partial charge in [-0.1, -0.05) is 19.8 Å². The zero-order valence-electron chi connectivity index (χ0n) is 8.34. The van der Waals surface area contributed by atoms with Crippen molar-refractivity contribution in [1.82, 2.24) is 5.32 Å². The van der Waals surface area contributed by atoms with Gasteiger partial charge in [-0.2, -0.15) is 0 Å². The van der Waals surface area contributed by atoms with Crippen molar-refractivity contribution in [2.24, 2.45) is 5.92 Å². The van der Waals surface area contributed by atoms with Crippen molar-refractivity contribution in [3.05, 3.63) is 0 Å². The van der Waals surface area contributed by atoms with Crippen LogP contribution in [0.1, 0.15) is 39.0 Å². The minimum absolute atomic E-state index is 0.256. The molecule has 0 spiro atoms. The summed E-state index contributed by atoms with van der Waals surface area (Å²) in [4.78, 5) is 11.0. The van der Waals surface area contributed by atoms with Crippen LogP contribution in [0, 0.1) is 5.92 Å². The fraction of sp³-hybridized carbons (Fsp3) is 0.900. The van der Waals surface area contributed by atoms with E-state index in [9.17, 15) is 4.79 Å². The van der Waals surface area contributed by atoms with Crippen LogP contribution in [0.3, 0.4) is 0 Å². The molecule has 3 nitrogen and oxygen atoms in total. The number of nitrogens with one attached hydrogen (secondary N) is 1. The van der Waals surface area contributed by atoms with Gasteiger partial charge in [0.05, 0.1) is 6.61 Å². The number of carbonyl (C=O) groups excluding carboxylic acids is 1. The molecule has 0 aromatic rings. The van der Waals surface area contributed by atoms with Gasteiger partial charge in [0.25, 0.3) is 0 Å². The normalized spacial score (nSPS) is 17.3. The first-order valence-electron chi connectivity index (χ1n) is 5.23. The van der Waals surface area contributed by atoms with Gasteiger partial charge in [-0.05, 0) is 25.2 Å². The molecule has 0 aromatic heterocycles. The van der Waals surface area contributed by atoms with Gasteiger partial charge in [0.2, 0.25) is 0 Å². The van der Waals surface area contributed by atoms with Gasteiger partial charge in [0, 0.05) is 6.54 Å². The number of rotatable bonds is 4. The van der Waals surface area contributed by atoms with E-state index in [0.29, 0.717) is 19.1 Å². The predicted octanol–water partition coefficient (Wildman–Crippen LogP) is 2.31. The molecule has 13 heavy (non-hydrogen) atoms. The molecule has 0 atom stereocenters. The molecular formula is C10H19NO2. The SMILES string of the molecule is CCCNC(=O)OCC1CCCC1. The number of alkyl carbamates (subject to hydrolysis) is 1.